The van der Waals surface area contributed by atoms with Crippen molar-refractivity contribution in [3.05, 3.63) is 52.0 Å². The summed E-state index contributed by atoms with van der Waals surface area (Å²) in [5.74, 6) is 7.45. The van der Waals surface area contributed by atoms with E-state index in [1.54, 1.807) is 0 Å². The largest absolute Gasteiger partial charge is 0.358 e. The van der Waals surface area contributed by atoms with Gasteiger partial charge in [0.2, 0.25) is 0 Å². The van der Waals surface area contributed by atoms with Gasteiger partial charge >= 0.3 is 0 Å². The predicted molar refractivity (Wildman–Crippen MR) is 285 cm³/mol. The molecule has 79 heavy (non-hydrogen) atoms. The maximum Gasteiger partial charge on any atom is 0.146 e. The Balaban J connectivity index is -0.0000000117. The van der Waals surface area contributed by atoms with Crippen molar-refractivity contribution in [1.29, 1.82) is 0 Å². The van der Waals surface area contributed by atoms with Crippen molar-refractivity contribution >= 4 is 13.4 Å². The van der Waals surface area contributed by atoms with Crippen molar-refractivity contribution in [3.8, 4) is 0 Å². The fraction of sp³-hybridized carbons (Fsp3) is 0.868. The summed E-state index contributed by atoms with van der Waals surface area (Å²) >= 11 is 0. The summed E-state index contributed by atoms with van der Waals surface area (Å²) in [5.41, 5.74) is 0. The van der Waals surface area contributed by atoms with Crippen molar-refractivity contribution < 1.29 is 720 Å². The second-order valence-electron chi connectivity index (χ2n) is 15.4. The first-order valence-corrected chi connectivity index (χ1v) is 23.6. The summed E-state index contributed by atoms with van der Waals surface area (Å²) in [4.78, 5) is 5.83. The third kappa shape index (κ3) is 76.1. The summed E-state index contributed by atoms with van der Waals surface area (Å²) in [7, 11) is 0. The third-order valence-corrected chi connectivity index (χ3v) is 14.1. The van der Waals surface area contributed by atoms with Crippen LogP contribution in [-0.2, 0) is 720 Å². The quantitative estimate of drug-likeness (QED) is 0.176. The van der Waals surface area contributed by atoms with Gasteiger partial charge in [-0.25, -0.2) is 0 Å². The molecule has 0 aromatic heterocycles. The molecule has 424 valence electrons. The standard InChI is InChI=1S/2C16H30BN.7C2H6.7CH3.22Y/c2*1-10-7-6-8-17-9-15-12(3)11(2)13(4)18(15)14(5)16(10)17;7*1-2;;;;;;;;;;;;;;;;;;;;;;;;;;;;;/h2*10-16H,6-9H2,1-5H3;7*1-2H3;7*1H3;;;;;;;;;;;;;;;;;;;;;;/q;;;;;;;;;7*-1;;;;;;;;;;;;;;;;;;;;;;/t2*10-,11+,12-,13+,14-,15-,16?;;;;;;;;;;;;;;;;;;;;;;;;;;;;;;;;;;;;/m10..................................../s1. The van der Waals surface area contributed by atoms with Gasteiger partial charge in [-0.2, -0.15) is 0 Å². The number of nitrogens with zero attached hydrogens (tertiary/aromatic N) is 2. The van der Waals surface area contributed by atoms with Crippen LogP contribution < -0.4 is 0 Å². The molecule has 2 unspecified atom stereocenters. The molecule has 14 atom stereocenters. The van der Waals surface area contributed by atoms with Crippen LogP contribution in [0.1, 0.15) is 192 Å². The van der Waals surface area contributed by atoms with Gasteiger partial charge in [0.05, 0.1) is 0 Å². The molecule has 2 nitrogen and oxygen atoms in total. The number of rotatable bonds is 0. The van der Waals surface area contributed by atoms with Gasteiger partial charge < -0.3 is 52.0 Å². The Morgan fingerprint density at radius 3 is 0.582 bits per heavy atom. The molecule has 6 heterocycles. The van der Waals surface area contributed by atoms with Crippen LogP contribution >= 0.6 is 0 Å². The molecule has 6 aliphatic heterocycles. The smallest absolute Gasteiger partial charge is 0.146 e. The van der Waals surface area contributed by atoms with E-state index < -0.39 is 0 Å². The van der Waals surface area contributed by atoms with Crippen molar-refractivity contribution in [3.63, 3.8) is 0 Å². The van der Waals surface area contributed by atoms with E-state index in [0.29, 0.717) is 0 Å². The van der Waals surface area contributed by atoms with E-state index in [1.807, 2.05) is 96.9 Å². The van der Waals surface area contributed by atoms with Gasteiger partial charge in [-0.1, -0.05) is 189 Å². The SMILES string of the molecule is CC.CC.CC.CC.CC.CC.CC.C[C@@H]1[C@H](C)[C@@H]2CB3CCC[C@H](C)C3[C@H](C)N2[C@@H]1C.C[C@@H]1[C@H](C)[C@H](C)N2[C@H](C)C3B(CCC[C@H]3C)C[C@H]12.[CH3-].[CH3-].[CH3-].[CH3-].[CH3-].[CH3-].[CH3-].[Y].[Y].[Y].[Y].[Y].[Y].[Y].[Y].[Y].[Y].[Y].[Y].[Y].[Y].[Y].[Y].[Y].[Y].[Y].[Y].[Y].[Y]. The summed E-state index contributed by atoms with van der Waals surface area (Å²) in [5, 5.41) is 0. The van der Waals surface area contributed by atoms with Crippen LogP contribution in [0.25, 0.3) is 0 Å². The Labute approximate surface area is 1060 Å². The van der Waals surface area contributed by atoms with Crippen LogP contribution in [0, 0.1) is 87.5 Å². The average molecular weight is 2770 g/mol. The minimum atomic E-state index is 0. The molecule has 22 radical (unpaired) electrons. The predicted octanol–water partition coefficient (Wildman–Crippen LogP) is 18.3. The zero-order valence-electron chi connectivity index (χ0n) is 59.5. The molecule has 0 aromatic carbocycles. The molecular formula is C53H123B2N2Y22-7. The van der Waals surface area contributed by atoms with Gasteiger partial charge in [0.25, 0.3) is 0 Å². The van der Waals surface area contributed by atoms with Gasteiger partial charge in [-0.05, 0) is 74.8 Å². The molecule has 6 saturated heterocycles. The van der Waals surface area contributed by atoms with Crippen molar-refractivity contribution in [2.24, 2.45) is 35.5 Å². The molecule has 0 aliphatic carbocycles. The Kier molecular flexibility index (Phi) is 380. The molecule has 6 rings (SSSR count). The first kappa shape index (κ1) is 213. The first-order valence-electron chi connectivity index (χ1n) is 23.6. The number of fused-ring (bicyclic) bond motifs is 4. The van der Waals surface area contributed by atoms with Crippen molar-refractivity contribution in [2.75, 3.05) is 0 Å². The van der Waals surface area contributed by atoms with Crippen LogP contribution in [-0.4, -0.2) is 59.5 Å². The Bertz CT molecular complexity index is 769. The van der Waals surface area contributed by atoms with E-state index in [1.165, 1.54) is 51.0 Å². The third-order valence-electron chi connectivity index (χ3n) is 14.1. The van der Waals surface area contributed by atoms with E-state index in [2.05, 4.69) is 79.0 Å². The molecule has 6 fully saturated rings. The molecular weight excluding hydrogens is 2640 g/mol. The second kappa shape index (κ2) is 141. The summed E-state index contributed by atoms with van der Waals surface area (Å²) in [6.45, 7) is 55.1. The summed E-state index contributed by atoms with van der Waals surface area (Å²) in [6, 6.07) is 5.02. The van der Waals surface area contributed by atoms with Gasteiger partial charge in [0.1, 0.15) is 13.4 Å². The van der Waals surface area contributed by atoms with Crippen molar-refractivity contribution in [1.82, 2.24) is 9.80 Å². The maximum absolute atomic E-state index is 2.92. The fourth-order valence-electron chi connectivity index (χ4n) is 11.7. The first-order chi connectivity index (χ1) is 24.0. The molecule has 26 heteroatoms. The number of hydrogen-bond acceptors (Lipinski definition) is 2. The molecule has 0 aromatic rings. The van der Waals surface area contributed by atoms with Gasteiger partial charge in [0.15, 0.2) is 0 Å². The topological polar surface area (TPSA) is 6.48 Å². The maximum atomic E-state index is 2.92. The van der Waals surface area contributed by atoms with E-state index in [-0.39, 0.29) is 772 Å². The minimum Gasteiger partial charge on any atom is -0.358 e. The Hall–Kier alpha value is 24.3. The van der Waals surface area contributed by atoms with Crippen LogP contribution in [0.15, 0.2) is 0 Å². The van der Waals surface area contributed by atoms with Gasteiger partial charge in [-0.3, -0.25) is 9.80 Å². The zero-order valence-corrected chi connectivity index (χ0v) is 122. The van der Waals surface area contributed by atoms with Gasteiger partial charge in [0, 0.05) is 756 Å². The van der Waals surface area contributed by atoms with E-state index in [9.17, 15) is 0 Å². The van der Waals surface area contributed by atoms with Crippen molar-refractivity contribution in [2.45, 2.75) is 265 Å². The molecule has 0 bridgehead atoms. The van der Waals surface area contributed by atoms with E-state index >= 15 is 0 Å². The molecule has 0 saturated carbocycles. The zero-order chi connectivity index (χ0) is 40.0. The van der Waals surface area contributed by atoms with Crippen LogP contribution in [0.3, 0.4) is 0 Å². The normalized spacial score (nSPS) is 24.8. The molecule has 0 amide bonds. The molecule has 6 aliphatic rings. The number of hydrogen-bond donors (Lipinski definition) is 0. The Morgan fingerprint density at radius 2 is 0.418 bits per heavy atom. The van der Waals surface area contributed by atoms with E-state index in [4.69, 9.17) is 0 Å². The average Bonchev–Trinajstić information content (AvgIpc) is 3.53. The molecule has 0 spiro atoms. The summed E-state index contributed by atoms with van der Waals surface area (Å²) < 4.78 is 0. The van der Waals surface area contributed by atoms with E-state index in [0.717, 1.165) is 96.8 Å². The van der Waals surface area contributed by atoms with Crippen LogP contribution in [0.2, 0.25) is 36.9 Å². The van der Waals surface area contributed by atoms with Crippen LogP contribution in [0.4, 0.5) is 0 Å². The summed E-state index contributed by atoms with van der Waals surface area (Å²) in [6.07, 6.45) is 11.9. The second-order valence-corrected chi connectivity index (χ2v) is 15.4. The minimum absolute atomic E-state index is 0. The van der Waals surface area contributed by atoms with Gasteiger partial charge in [-0.15, -0.1) is 0 Å². The van der Waals surface area contributed by atoms with Crippen LogP contribution in [0.5, 0.6) is 0 Å². The fourth-order valence-corrected chi connectivity index (χ4v) is 11.7. The monoisotopic (exact) mass is 2770 g/mol. The Morgan fingerprint density at radius 1 is 0.253 bits per heavy atom. The molecule has 0 N–H and O–H groups in total.